The second-order valence-corrected chi connectivity index (χ2v) is 4.10. The van der Waals surface area contributed by atoms with E-state index in [1.54, 1.807) is 24.3 Å². The van der Waals surface area contributed by atoms with E-state index in [0.29, 0.717) is 5.56 Å². The van der Waals surface area contributed by atoms with Crippen LogP contribution in [0.3, 0.4) is 0 Å². The van der Waals surface area contributed by atoms with Crippen molar-refractivity contribution in [2.75, 3.05) is 5.75 Å². The monoisotopic (exact) mass is 252 g/mol. The SMILES string of the molecule is O=C(O)CSc1no[n+]([O-])c1-c1ccccc1. The van der Waals surface area contributed by atoms with Gasteiger partial charge in [-0.25, -0.2) is 0 Å². The number of aromatic nitrogens is 2. The van der Waals surface area contributed by atoms with Crippen LogP contribution in [-0.4, -0.2) is 22.0 Å². The molecule has 1 aromatic carbocycles. The van der Waals surface area contributed by atoms with Crippen molar-refractivity contribution in [1.29, 1.82) is 0 Å². The molecule has 0 saturated carbocycles. The molecule has 1 heterocycles. The minimum atomic E-state index is -0.977. The van der Waals surface area contributed by atoms with E-state index in [1.807, 2.05) is 6.07 Å². The Bertz CT molecular complexity index is 526. The number of aliphatic carboxylic acids is 1. The van der Waals surface area contributed by atoms with E-state index in [4.69, 9.17) is 5.11 Å². The Balaban J connectivity index is 2.33. The molecule has 0 aliphatic carbocycles. The highest BCUT2D eigenvalue weighted by Crippen LogP contribution is 2.26. The minimum Gasteiger partial charge on any atom is -0.481 e. The first-order valence-corrected chi connectivity index (χ1v) is 5.67. The van der Waals surface area contributed by atoms with Crippen LogP contribution in [0.15, 0.2) is 40.0 Å². The molecule has 0 aliphatic rings. The molecule has 0 atom stereocenters. The molecule has 88 valence electrons. The van der Waals surface area contributed by atoms with Crippen LogP contribution in [0.25, 0.3) is 11.3 Å². The average Bonchev–Trinajstić information content (AvgIpc) is 2.69. The number of carboxylic acid groups (broad SMARTS) is 1. The first-order valence-electron chi connectivity index (χ1n) is 4.68. The molecule has 2 aromatic rings. The van der Waals surface area contributed by atoms with Gasteiger partial charge >= 0.3 is 5.97 Å². The van der Waals surface area contributed by atoms with E-state index in [2.05, 4.69) is 9.79 Å². The minimum absolute atomic E-state index is 0.174. The lowest BCUT2D eigenvalue weighted by molar-refractivity contribution is -0.793. The largest absolute Gasteiger partial charge is 0.481 e. The van der Waals surface area contributed by atoms with Crippen molar-refractivity contribution in [2.45, 2.75) is 5.03 Å². The topological polar surface area (TPSA) is 90.3 Å². The fraction of sp³-hybridized carbons (Fsp3) is 0.100. The molecular formula is C10H8N2O4S. The van der Waals surface area contributed by atoms with Crippen LogP contribution in [0, 0.1) is 5.21 Å². The van der Waals surface area contributed by atoms with E-state index >= 15 is 0 Å². The van der Waals surface area contributed by atoms with Crippen LogP contribution >= 0.6 is 11.8 Å². The van der Waals surface area contributed by atoms with E-state index in [-0.39, 0.29) is 21.4 Å². The quantitative estimate of drug-likeness (QED) is 0.648. The number of hydrogen-bond acceptors (Lipinski definition) is 5. The van der Waals surface area contributed by atoms with Crippen molar-refractivity contribution >= 4 is 17.7 Å². The first-order chi connectivity index (χ1) is 8.18. The summed E-state index contributed by atoms with van der Waals surface area (Å²) in [6.45, 7) is 0. The third-order valence-corrected chi connectivity index (χ3v) is 2.90. The molecule has 0 radical (unpaired) electrons. The maximum Gasteiger partial charge on any atom is 0.313 e. The van der Waals surface area contributed by atoms with E-state index < -0.39 is 5.97 Å². The molecule has 1 N–H and O–H groups in total. The van der Waals surface area contributed by atoms with Gasteiger partial charge in [0.05, 0.1) is 10.9 Å². The molecule has 0 aliphatic heterocycles. The van der Waals surface area contributed by atoms with Gasteiger partial charge in [0, 0.05) is 5.56 Å². The van der Waals surface area contributed by atoms with Gasteiger partial charge in [0.25, 0.3) is 5.03 Å². The van der Waals surface area contributed by atoms with Crippen LogP contribution in [0.4, 0.5) is 0 Å². The van der Waals surface area contributed by atoms with Crippen molar-refractivity contribution in [3.63, 3.8) is 0 Å². The molecule has 0 amide bonds. The highest BCUT2D eigenvalue weighted by atomic mass is 32.2. The lowest BCUT2D eigenvalue weighted by atomic mass is 10.2. The zero-order chi connectivity index (χ0) is 12.3. The van der Waals surface area contributed by atoms with Crippen LogP contribution in [0.1, 0.15) is 0 Å². The van der Waals surface area contributed by atoms with Gasteiger partial charge in [-0.2, -0.15) is 0 Å². The predicted octanol–water partition coefficient (Wildman–Crippen LogP) is 1.15. The Labute approximate surface area is 100 Å². The first kappa shape index (κ1) is 11.5. The molecule has 17 heavy (non-hydrogen) atoms. The van der Waals surface area contributed by atoms with Crippen molar-refractivity contribution in [2.24, 2.45) is 0 Å². The third kappa shape index (κ3) is 2.56. The number of nitrogens with zero attached hydrogens (tertiary/aromatic N) is 2. The normalized spacial score (nSPS) is 10.4. The van der Waals surface area contributed by atoms with Gasteiger partial charge in [-0.05, 0) is 4.90 Å². The van der Waals surface area contributed by atoms with Gasteiger partial charge in [0.2, 0.25) is 5.69 Å². The van der Waals surface area contributed by atoms with Crippen LogP contribution in [-0.2, 0) is 4.79 Å². The van der Waals surface area contributed by atoms with Crippen molar-refractivity contribution in [3.8, 4) is 11.3 Å². The molecular weight excluding hydrogens is 244 g/mol. The summed E-state index contributed by atoms with van der Waals surface area (Å²) < 4.78 is 4.48. The Hall–Kier alpha value is -2.02. The summed E-state index contributed by atoms with van der Waals surface area (Å²) in [5, 5.41) is 23.8. The molecule has 0 saturated heterocycles. The van der Waals surface area contributed by atoms with E-state index in [0.717, 1.165) is 11.8 Å². The van der Waals surface area contributed by atoms with Crippen LogP contribution in [0.5, 0.6) is 0 Å². The summed E-state index contributed by atoms with van der Waals surface area (Å²) in [5.41, 5.74) is 0.869. The summed E-state index contributed by atoms with van der Waals surface area (Å²) in [6, 6.07) is 8.82. The zero-order valence-corrected chi connectivity index (χ0v) is 9.38. The van der Waals surface area contributed by atoms with Crippen molar-refractivity contribution in [1.82, 2.24) is 5.16 Å². The summed E-state index contributed by atoms with van der Waals surface area (Å²) >= 11 is 0.946. The second kappa shape index (κ2) is 4.88. The van der Waals surface area contributed by atoms with Gasteiger partial charge in [-0.15, -0.1) is 0 Å². The summed E-state index contributed by atoms with van der Waals surface area (Å²) in [4.78, 5) is 10.7. The molecule has 2 rings (SSSR count). The number of benzene rings is 1. The summed E-state index contributed by atoms with van der Waals surface area (Å²) in [7, 11) is 0. The van der Waals surface area contributed by atoms with Gasteiger partial charge < -0.3 is 10.3 Å². The molecule has 6 nitrogen and oxygen atoms in total. The number of carbonyl (C=O) groups is 1. The number of thioether (sulfide) groups is 1. The molecule has 0 fully saturated rings. The van der Waals surface area contributed by atoms with Crippen LogP contribution < -0.4 is 4.90 Å². The van der Waals surface area contributed by atoms with Crippen LogP contribution in [0.2, 0.25) is 0 Å². The Morgan fingerprint density at radius 1 is 1.47 bits per heavy atom. The average molecular weight is 252 g/mol. The smallest absolute Gasteiger partial charge is 0.313 e. The highest BCUT2D eigenvalue weighted by Gasteiger charge is 2.22. The highest BCUT2D eigenvalue weighted by molar-refractivity contribution is 8.00. The Morgan fingerprint density at radius 2 is 2.18 bits per heavy atom. The van der Waals surface area contributed by atoms with E-state index in [9.17, 15) is 10.0 Å². The van der Waals surface area contributed by atoms with Gasteiger partial charge in [-0.1, -0.05) is 42.1 Å². The summed E-state index contributed by atoms with van der Waals surface area (Å²) in [6.07, 6.45) is 0. The molecule has 0 unspecified atom stereocenters. The van der Waals surface area contributed by atoms with Gasteiger partial charge in [0.1, 0.15) is 0 Å². The lowest BCUT2D eigenvalue weighted by Gasteiger charge is -1.97. The van der Waals surface area contributed by atoms with Crippen molar-refractivity contribution < 1.29 is 19.4 Å². The molecule has 0 spiro atoms. The standard InChI is InChI=1S/C10H8N2O4S/c13-8(14)6-17-10-9(12(15)16-11-10)7-4-2-1-3-5-7/h1-5H,6H2,(H,13,14). The molecule has 0 bridgehead atoms. The van der Waals surface area contributed by atoms with Gasteiger partial charge in [0.15, 0.2) is 0 Å². The van der Waals surface area contributed by atoms with Gasteiger partial charge in [-0.3, -0.25) is 9.42 Å². The fourth-order valence-electron chi connectivity index (χ4n) is 1.29. The van der Waals surface area contributed by atoms with E-state index in [1.165, 1.54) is 0 Å². The maximum atomic E-state index is 11.4. The number of carboxylic acids is 1. The summed E-state index contributed by atoms with van der Waals surface area (Å²) in [5.74, 6) is -1.15. The third-order valence-electron chi connectivity index (χ3n) is 1.96. The maximum absolute atomic E-state index is 11.4. The van der Waals surface area contributed by atoms with Crippen molar-refractivity contribution in [3.05, 3.63) is 35.5 Å². The molecule has 7 heteroatoms. The lowest BCUT2D eigenvalue weighted by Crippen LogP contribution is -2.25. The number of rotatable bonds is 4. The fourth-order valence-corrected chi connectivity index (χ4v) is 1.96. The second-order valence-electron chi connectivity index (χ2n) is 3.13. The zero-order valence-electron chi connectivity index (χ0n) is 8.57. The predicted molar refractivity (Wildman–Crippen MR) is 59.3 cm³/mol. The molecule has 1 aromatic heterocycles. The Morgan fingerprint density at radius 3 is 2.82 bits per heavy atom. The Kier molecular flexibility index (Phi) is 3.29. The number of hydrogen-bond donors (Lipinski definition) is 1.